The van der Waals surface area contributed by atoms with Crippen LogP contribution in [0.3, 0.4) is 0 Å². The zero-order valence-corrected chi connectivity index (χ0v) is 9.95. The third-order valence-corrected chi connectivity index (χ3v) is 3.71. The molecule has 1 aliphatic carbocycles. The molecular weight excluding hydrogens is 192 g/mol. The predicted octanol–water partition coefficient (Wildman–Crippen LogP) is 2.13. The third kappa shape index (κ3) is 2.71. The van der Waals surface area contributed by atoms with Crippen LogP contribution < -0.4 is 0 Å². The topological polar surface area (TPSA) is 46.5 Å². The molecule has 1 aliphatic rings. The molecule has 0 bridgehead atoms. The van der Waals surface area contributed by atoms with Crippen molar-refractivity contribution in [1.82, 2.24) is 0 Å². The molecule has 15 heavy (non-hydrogen) atoms. The lowest BCUT2D eigenvalue weighted by atomic mass is 9.68. The molecule has 3 heteroatoms. The van der Waals surface area contributed by atoms with Gasteiger partial charge in [0, 0.05) is 0 Å². The molecule has 0 aliphatic heterocycles. The molecule has 0 spiro atoms. The molecule has 0 amide bonds. The number of rotatable bonds is 3. The van der Waals surface area contributed by atoms with E-state index in [-0.39, 0.29) is 24.2 Å². The number of ether oxygens (including phenoxy) is 1. The highest BCUT2D eigenvalue weighted by molar-refractivity contribution is 5.70. The molecule has 0 aromatic carbocycles. The van der Waals surface area contributed by atoms with Gasteiger partial charge in [0.2, 0.25) is 0 Å². The Balaban J connectivity index is 2.65. The highest BCUT2D eigenvalue weighted by Gasteiger charge is 2.43. The van der Waals surface area contributed by atoms with Crippen molar-refractivity contribution in [3.8, 4) is 0 Å². The Bertz CT molecular complexity index is 215. The Labute approximate surface area is 91.8 Å². The van der Waals surface area contributed by atoms with Crippen molar-refractivity contribution >= 4 is 5.97 Å². The zero-order valence-electron chi connectivity index (χ0n) is 9.95. The molecule has 0 heterocycles. The van der Waals surface area contributed by atoms with Gasteiger partial charge in [-0.3, -0.25) is 4.79 Å². The summed E-state index contributed by atoms with van der Waals surface area (Å²) in [5.41, 5.74) is -0.857. The lowest BCUT2D eigenvalue weighted by Crippen LogP contribution is -2.47. The van der Waals surface area contributed by atoms with Gasteiger partial charge in [0.25, 0.3) is 0 Å². The first-order valence-corrected chi connectivity index (χ1v) is 5.88. The van der Waals surface area contributed by atoms with Gasteiger partial charge in [0.1, 0.15) is 0 Å². The molecule has 3 nitrogen and oxygen atoms in total. The van der Waals surface area contributed by atoms with E-state index in [2.05, 4.69) is 0 Å². The van der Waals surface area contributed by atoms with E-state index >= 15 is 0 Å². The van der Waals surface area contributed by atoms with Gasteiger partial charge >= 0.3 is 5.97 Å². The molecule has 0 aromatic rings. The number of hydrogen-bond donors (Lipinski definition) is 1. The molecule has 2 atom stereocenters. The van der Waals surface area contributed by atoms with E-state index in [9.17, 15) is 9.90 Å². The number of carbonyl (C=O) groups is 1. The van der Waals surface area contributed by atoms with Crippen molar-refractivity contribution in [3.63, 3.8) is 0 Å². The summed E-state index contributed by atoms with van der Waals surface area (Å²) in [5, 5.41) is 10.5. The summed E-state index contributed by atoms with van der Waals surface area (Å²) in [6, 6.07) is 0. The summed E-state index contributed by atoms with van der Waals surface area (Å²) in [4.78, 5) is 11.4. The largest absolute Gasteiger partial charge is 0.466 e. The summed E-state index contributed by atoms with van der Waals surface area (Å²) in [6.07, 6.45) is 3.29. The van der Waals surface area contributed by atoms with Gasteiger partial charge in [-0.1, -0.05) is 20.3 Å². The number of hydrogen-bond acceptors (Lipinski definition) is 3. The number of esters is 1. The highest BCUT2D eigenvalue weighted by Crippen LogP contribution is 2.40. The Morgan fingerprint density at radius 1 is 1.40 bits per heavy atom. The van der Waals surface area contributed by atoms with E-state index in [1.54, 1.807) is 6.92 Å². The minimum absolute atomic E-state index is 0.142. The van der Waals surface area contributed by atoms with E-state index in [1.807, 2.05) is 13.8 Å². The van der Waals surface area contributed by atoms with Crippen LogP contribution in [-0.2, 0) is 9.53 Å². The average molecular weight is 214 g/mol. The van der Waals surface area contributed by atoms with Gasteiger partial charge in [-0.2, -0.15) is 0 Å². The van der Waals surface area contributed by atoms with Crippen LogP contribution in [0.2, 0.25) is 0 Å². The second-order valence-electron chi connectivity index (χ2n) is 4.71. The summed E-state index contributed by atoms with van der Waals surface area (Å²) in [6.45, 7) is 6.22. The van der Waals surface area contributed by atoms with Crippen molar-refractivity contribution in [1.29, 1.82) is 0 Å². The number of carbonyl (C=O) groups excluding carboxylic acids is 1. The Hall–Kier alpha value is -0.570. The summed E-state index contributed by atoms with van der Waals surface area (Å²) in [7, 11) is 0. The van der Waals surface area contributed by atoms with Crippen molar-refractivity contribution in [2.75, 3.05) is 6.61 Å². The molecule has 1 N–H and O–H groups in total. The minimum Gasteiger partial charge on any atom is -0.466 e. The van der Waals surface area contributed by atoms with Crippen molar-refractivity contribution in [3.05, 3.63) is 0 Å². The molecule has 1 fully saturated rings. The fourth-order valence-corrected chi connectivity index (χ4v) is 2.51. The van der Waals surface area contributed by atoms with Crippen LogP contribution >= 0.6 is 0 Å². The standard InChI is InChI=1S/C12H22O3/c1-4-15-11(13)8-12(14)9(2)6-5-7-10(12)3/h9-10,14H,4-8H2,1-3H3. The van der Waals surface area contributed by atoms with Crippen LogP contribution in [0.4, 0.5) is 0 Å². The maximum atomic E-state index is 11.4. The van der Waals surface area contributed by atoms with E-state index in [1.165, 1.54) is 0 Å². The van der Waals surface area contributed by atoms with Gasteiger partial charge < -0.3 is 9.84 Å². The molecule has 0 aromatic heterocycles. The van der Waals surface area contributed by atoms with E-state index < -0.39 is 5.60 Å². The molecule has 0 saturated heterocycles. The number of aliphatic hydroxyl groups is 1. The quantitative estimate of drug-likeness (QED) is 0.732. The van der Waals surface area contributed by atoms with Crippen LogP contribution in [-0.4, -0.2) is 23.3 Å². The van der Waals surface area contributed by atoms with E-state index in [4.69, 9.17) is 4.74 Å². The Kier molecular flexibility index (Phi) is 4.14. The predicted molar refractivity (Wildman–Crippen MR) is 58.4 cm³/mol. The molecule has 88 valence electrons. The van der Waals surface area contributed by atoms with Crippen molar-refractivity contribution in [2.45, 2.75) is 52.1 Å². The van der Waals surface area contributed by atoms with Crippen molar-refractivity contribution < 1.29 is 14.6 Å². The van der Waals surface area contributed by atoms with Crippen LogP contribution in [0.15, 0.2) is 0 Å². The molecular formula is C12H22O3. The average Bonchev–Trinajstić information content (AvgIpc) is 2.15. The fourth-order valence-electron chi connectivity index (χ4n) is 2.51. The van der Waals surface area contributed by atoms with Crippen LogP contribution in [0.5, 0.6) is 0 Å². The van der Waals surface area contributed by atoms with Gasteiger partial charge in [-0.15, -0.1) is 0 Å². The van der Waals surface area contributed by atoms with Crippen LogP contribution in [0.25, 0.3) is 0 Å². The monoisotopic (exact) mass is 214 g/mol. The molecule has 1 rings (SSSR count). The first-order valence-electron chi connectivity index (χ1n) is 5.88. The normalized spacial score (nSPS) is 36.3. The lowest BCUT2D eigenvalue weighted by Gasteiger charge is -2.42. The summed E-state index contributed by atoms with van der Waals surface area (Å²) in [5.74, 6) is 0.0944. The summed E-state index contributed by atoms with van der Waals surface area (Å²) >= 11 is 0. The lowest BCUT2D eigenvalue weighted by molar-refractivity contribution is -0.157. The fraction of sp³-hybridized carbons (Fsp3) is 0.917. The van der Waals surface area contributed by atoms with Gasteiger partial charge in [-0.05, 0) is 31.6 Å². The van der Waals surface area contributed by atoms with Gasteiger partial charge in [-0.25, -0.2) is 0 Å². The SMILES string of the molecule is CCOC(=O)CC1(O)C(C)CCCC1C. The first-order chi connectivity index (χ1) is 7.00. The highest BCUT2D eigenvalue weighted by atomic mass is 16.5. The Morgan fingerprint density at radius 2 is 1.93 bits per heavy atom. The molecule has 1 saturated carbocycles. The van der Waals surface area contributed by atoms with Crippen molar-refractivity contribution in [2.24, 2.45) is 11.8 Å². The third-order valence-electron chi connectivity index (χ3n) is 3.71. The van der Waals surface area contributed by atoms with E-state index in [0.29, 0.717) is 6.61 Å². The van der Waals surface area contributed by atoms with E-state index in [0.717, 1.165) is 19.3 Å². The minimum atomic E-state index is -0.857. The van der Waals surface area contributed by atoms with Crippen LogP contribution in [0, 0.1) is 11.8 Å². The van der Waals surface area contributed by atoms with Crippen LogP contribution in [0.1, 0.15) is 46.5 Å². The maximum absolute atomic E-state index is 11.4. The van der Waals surface area contributed by atoms with Gasteiger partial charge in [0.05, 0.1) is 18.6 Å². The Morgan fingerprint density at radius 3 is 2.40 bits per heavy atom. The first kappa shape index (κ1) is 12.5. The summed E-state index contributed by atoms with van der Waals surface area (Å²) < 4.78 is 4.91. The second kappa shape index (κ2) is 4.97. The van der Waals surface area contributed by atoms with Gasteiger partial charge in [0.15, 0.2) is 0 Å². The maximum Gasteiger partial charge on any atom is 0.308 e. The molecule has 0 radical (unpaired) electrons. The molecule has 2 unspecified atom stereocenters. The smallest absolute Gasteiger partial charge is 0.308 e. The second-order valence-corrected chi connectivity index (χ2v) is 4.71. The zero-order chi connectivity index (χ0) is 11.5.